The first-order chi connectivity index (χ1) is 15.0. The number of aromatic nitrogens is 3. The first-order valence-electron chi connectivity index (χ1n) is 9.49. The molecule has 31 heavy (non-hydrogen) atoms. The molecule has 0 radical (unpaired) electrons. The first-order valence-corrected chi connectivity index (χ1v) is 10.8. The SMILES string of the molecule is Cn1nc(-c2nc(-c3ccc4c(c3)OCO4)cs2)cc1NC(=O)Cc1ccc(Cl)cc1. The third-order valence-electron chi connectivity index (χ3n) is 4.82. The second-order valence-corrected chi connectivity index (χ2v) is 8.29. The summed E-state index contributed by atoms with van der Waals surface area (Å²) < 4.78 is 12.4. The number of hydrogen-bond donors (Lipinski definition) is 1. The Balaban J connectivity index is 1.31. The Morgan fingerprint density at radius 3 is 2.77 bits per heavy atom. The maximum Gasteiger partial charge on any atom is 0.231 e. The molecule has 0 atom stereocenters. The average molecular weight is 453 g/mol. The summed E-state index contributed by atoms with van der Waals surface area (Å²) in [4.78, 5) is 17.1. The normalized spacial score (nSPS) is 12.2. The van der Waals surface area contributed by atoms with Crippen LogP contribution >= 0.6 is 22.9 Å². The lowest BCUT2D eigenvalue weighted by Gasteiger charge is -2.05. The van der Waals surface area contributed by atoms with Crippen molar-refractivity contribution in [1.29, 1.82) is 0 Å². The monoisotopic (exact) mass is 452 g/mol. The van der Waals surface area contributed by atoms with Crippen LogP contribution in [0.4, 0.5) is 5.82 Å². The van der Waals surface area contributed by atoms with Gasteiger partial charge in [-0.2, -0.15) is 5.10 Å². The summed E-state index contributed by atoms with van der Waals surface area (Å²) in [6, 6.07) is 14.8. The van der Waals surface area contributed by atoms with E-state index in [1.165, 1.54) is 11.3 Å². The third-order valence-corrected chi connectivity index (χ3v) is 5.93. The van der Waals surface area contributed by atoms with Crippen LogP contribution in [0.5, 0.6) is 11.5 Å². The lowest BCUT2D eigenvalue weighted by Crippen LogP contribution is -2.16. The van der Waals surface area contributed by atoms with E-state index in [1.807, 2.05) is 41.8 Å². The fourth-order valence-electron chi connectivity index (χ4n) is 3.24. The fourth-order valence-corrected chi connectivity index (χ4v) is 4.15. The number of benzene rings is 2. The van der Waals surface area contributed by atoms with Gasteiger partial charge < -0.3 is 14.8 Å². The zero-order valence-corrected chi connectivity index (χ0v) is 18.0. The molecule has 5 rings (SSSR count). The smallest absolute Gasteiger partial charge is 0.231 e. The molecule has 1 N–H and O–H groups in total. The lowest BCUT2D eigenvalue weighted by atomic mass is 10.1. The van der Waals surface area contributed by atoms with Crippen LogP contribution in [-0.2, 0) is 18.3 Å². The van der Waals surface area contributed by atoms with E-state index < -0.39 is 0 Å². The first kappa shape index (κ1) is 19.6. The number of nitrogens with one attached hydrogen (secondary N) is 1. The van der Waals surface area contributed by atoms with Gasteiger partial charge in [0.2, 0.25) is 12.7 Å². The van der Waals surface area contributed by atoms with Crippen molar-refractivity contribution < 1.29 is 14.3 Å². The van der Waals surface area contributed by atoms with Crippen LogP contribution in [0.1, 0.15) is 5.56 Å². The van der Waals surface area contributed by atoms with Gasteiger partial charge in [-0.3, -0.25) is 9.48 Å². The summed E-state index contributed by atoms with van der Waals surface area (Å²) in [6.45, 7) is 0.238. The second-order valence-electron chi connectivity index (χ2n) is 7.00. The number of carbonyl (C=O) groups is 1. The number of rotatable bonds is 5. The molecule has 0 spiro atoms. The number of anilines is 1. The molecule has 9 heteroatoms. The van der Waals surface area contributed by atoms with Crippen LogP contribution < -0.4 is 14.8 Å². The highest BCUT2D eigenvalue weighted by molar-refractivity contribution is 7.13. The van der Waals surface area contributed by atoms with E-state index in [0.29, 0.717) is 16.5 Å². The van der Waals surface area contributed by atoms with Gasteiger partial charge in [-0.25, -0.2) is 4.98 Å². The molecule has 0 saturated carbocycles. The Bertz CT molecular complexity index is 1270. The molecule has 0 unspecified atom stereocenters. The van der Waals surface area contributed by atoms with E-state index >= 15 is 0 Å². The molecule has 0 bridgehead atoms. The number of hydrogen-bond acceptors (Lipinski definition) is 6. The molecule has 1 aliphatic rings. The van der Waals surface area contributed by atoms with Crippen molar-refractivity contribution in [2.45, 2.75) is 6.42 Å². The van der Waals surface area contributed by atoms with Crippen LogP contribution in [0.2, 0.25) is 5.02 Å². The predicted octanol–water partition coefficient (Wildman–Crippen LogP) is 4.77. The number of aryl methyl sites for hydroxylation is 1. The van der Waals surface area contributed by atoms with Crippen molar-refractivity contribution >= 4 is 34.7 Å². The maximum absolute atomic E-state index is 12.4. The van der Waals surface area contributed by atoms with E-state index in [2.05, 4.69) is 10.4 Å². The quantitative estimate of drug-likeness (QED) is 0.471. The topological polar surface area (TPSA) is 78.3 Å². The van der Waals surface area contributed by atoms with Crippen LogP contribution in [0, 0.1) is 0 Å². The van der Waals surface area contributed by atoms with Crippen LogP contribution in [0.15, 0.2) is 53.9 Å². The maximum atomic E-state index is 12.4. The molecule has 156 valence electrons. The zero-order valence-electron chi connectivity index (χ0n) is 16.5. The summed E-state index contributed by atoms with van der Waals surface area (Å²) in [5.41, 5.74) is 3.36. The van der Waals surface area contributed by atoms with Crippen LogP contribution in [0.3, 0.4) is 0 Å². The lowest BCUT2D eigenvalue weighted by molar-refractivity contribution is -0.115. The van der Waals surface area contributed by atoms with Gasteiger partial charge in [0.15, 0.2) is 11.5 Å². The predicted molar refractivity (Wildman–Crippen MR) is 120 cm³/mol. The molecule has 0 fully saturated rings. The van der Waals surface area contributed by atoms with E-state index in [4.69, 9.17) is 26.1 Å². The average Bonchev–Trinajstić information content (AvgIpc) is 3.49. The van der Waals surface area contributed by atoms with Crippen molar-refractivity contribution in [2.24, 2.45) is 7.05 Å². The van der Waals surface area contributed by atoms with Gasteiger partial charge in [0, 0.05) is 29.1 Å². The molecule has 3 heterocycles. The van der Waals surface area contributed by atoms with Gasteiger partial charge in [0.05, 0.1) is 12.1 Å². The molecule has 7 nitrogen and oxygen atoms in total. The number of halogens is 1. The number of amides is 1. The summed E-state index contributed by atoms with van der Waals surface area (Å²) in [6.07, 6.45) is 0.253. The number of nitrogens with zero attached hydrogens (tertiary/aromatic N) is 3. The summed E-state index contributed by atoms with van der Waals surface area (Å²) >= 11 is 7.39. The van der Waals surface area contributed by atoms with Crippen molar-refractivity contribution in [3.05, 3.63) is 64.5 Å². The minimum Gasteiger partial charge on any atom is -0.454 e. The van der Waals surface area contributed by atoms with Crippen molar-refractivity contribution in [2.75, 3.05) is 12.1 Å². The summed E-state index contributed by atoms with van der Waals surface area (Å²) in [7, 11) is 1.79. The van der Waals surface area contributed by atoms with Crippen molar-refractivity contribution in [3.63, 3.8) is 0 Å². The van der Waals surface area contributed by atoms with Crippen molar-refractivity contribution in [1.82, 2.24) is 14.8 Å². The molecule has 2 aromatic heterocycles. The Hall–Kier alpha value is -3.36. The standard InChI is InChI=1S/C22H17ClN4O3S/c1-27-20(25-21(28)8-13-2-5-15(23)6-3-13)10-16(26-27)22-24-17(11-31-22)14-4-7-18-19(9-14)30-12-29-18/h2-7,9-11H,8,12H2,1H3,(H,25,28). The summed E-state index contributed by atoms with van der Waals surface area (Å²) in [5.74, 6) is 1.93. The zero-order chi connectivity index (χ0) is 21.4. The Morgan fingerprint density at radius 2 is 1.94 bits per heavy atom. The molecule has 1 amide bonds. The molecular weight excluding hydrogens is 436 g/mol. The number of fused-ring (bicyclic) bond motifs is 1. The van der Waals surface area contributed by atoms with E-state index in [-0.39, 0.29) is 19.1 Å². The Morgan fingerprint density at radius 1 is 1.13 bits per heavy atom. The molecule has 1 aliphatic heterocycles. The van der Waals surface area contributed by atoms with Gasteiger partial charge in [-0.05, 0) is 35.9 Å². The second kappa shape index (κ2) is 8.05. The van der Waals surface area contributed by atoms with E-state index in [0.717, 1.165) is 33.3 Å². The van der Waals surface area contributed by atoms with Gasteiger partial charge in [0.25, 0.3) is 0 Å². The molecule has 4 aromatic rings. The molecular formula is C22H17ClN4O3S. The molecule has 0 aliphatic carbocycles. The number of thiazole rings is 1. The molecule has 0 saturated heterocycles. The summed E-state index contributed by atoms with van der Waals surface area (Å²) in [5, 5.41) is 10.8. The highest BCUT2D eigenvalue weighted by atomic mass is 35.5. The largest absolute Gasteiger partial charge is 0.454 e. The number of ether oxygens (including phenoxy) is 2. The van der Waals surface area contributed by atoms with Gasteiger partial charge in [-0.1, -0.05) is 23.7 Å². The van der Waals surface area contributed by atoms with E-state index in [9.17, 15) is 4.79 Å². The van der Waals surface area contributed by atoms with E-state index in [1.54, 1.807) is 23.9 Å². The fraction of sp³-hybridized carbons (Fsp3) is 0.136. The van der Waals surface area contributed by atoms with Crippen molar-refractivity contribution in [3.8, 4) is 33.5 Å². The van der Waals surface area contributed by atoms with Gasteiger partial charge >= 0.3 is 0 Å². The van der Waals surface area contributed by atoms with Crippen LogP contribution in [0.25, 0.3) is 22.0 Å². The van der Waals surface area contributed by atoms with Crippen LogP contribution in [-0.4, -0.2) is 27.5 Å². The minimum absolute atomic E-state index is 0.128. The van der Waals surface area contributed by atoms with Gasteiger partial charge in [0.1, 0.15) is 16.5 Å². The minimum atomic E-state index is -0.128. The Labute approximate surface area is 187 Å². The highest BCUT2D eigenvalue weighted by Gasteiger charge is 2.17. The third kappa shape index (κ3) is 4.12. The number of carbonyl (C=O) groups excluding carboxylic acids is 1. The molecule has 2 aromatic carbocycles. The Kier molecular flexibility index (Phi) is 5.09. The van der Waals surface area contributed by atoms with Gasteiger partial charge in [-0.15, -0.1) is 11.3 Å². The highest BCUT2D eigenvalue weighted by Crippen LogP contribution is 2.37.